The number of halogens is 1. The Balaban J connectivity index is 0. The lowest BCUT2D eigenvalue weighted by Crippen LogP contribution is -2.19. The summed E-state index contributed by atoms with van der Waals surface area (Å²) in [6, 6.07) is 0.199. The molecule has 1 unspecified atom stereocenters. The molecule has 2 nitrogen and oxygen atoms in total. The molecule has 0 aromatic rings. The van der Waals surface area contributed by atoms with Crippen LogP contribution in [0.5, 0.6) is 0 Å². The maximum Gasteiger partial charge on any atom is 0.0445 e. The fourth-order valence-electron chi connectivity index (χ4n) is 0.370. The van der Waals surface area contributed by atoms with Gasteiger partial charge in [0.1, 0.15) is 0 Å². The smallest absolute Gasteiger partial charge is 0.0445 e. The van der Waals surface area contributed by atoms with Gasteiger partial charge in [0.25, 0.3) is 0 Å². The quantitative estimate of drug-likeness (QED) is 0.599. The molecule has 0 aromatic carbocycles. The molecule has 0 aliphatic rings. The molecule has 0 spiro atoms. The van der Waals surface area contributed by atoms with Gasteiger partial charge in [-0.3, -0.25) is 0 Å². The summed E-state index contributed by atoms with van der Waals surface area (Å²) in [6.45, 7) is 2.23. The van der Waals surface area contributed by atoms with Crippen LogP contribution in [0.4, 0.5) is 0 Å². The van der Waals surface area contributed by atoms with E-state index in [9.17, 15) is 0 Å². The molecule has 0 saturated carbocycles. The van der Waals surface area contributed by atoms with Crippen molar-refractivity contribution in [3.63, 3.8) is 0 Å². The highest BCUT2D eigenvalue weighted by Crippen LogP contribution is 1.89. The van der Waals surface area contributed by atoms with Gasteiger partial charge in [-0.2, -0.15) is 0 Å². The van der Waals surface area contributed by atoms with Crippen LogP contribution in [-0.4, -0.2) is 17.8 Å². The lowest BCUT2D eigenvalue weighted by atomic mass is 10.2. The van der Waals surface area contributed by atoms with Crippen LogP contribution >= 0.6 is 12.4 Å². The summed E-state index contributed by atoms with van der Waals surface area (Å²) in [5, 5.41) is 8.29. The molecule has 0 aliphatic carbocycles. The van der Waals surface area contributed by atoms with Gasteiger partial charge in [-0.05, 0) is 12.8 Å². The summed E-state index contributed by atoms with van der Waals surface area (Å²) >= 11 is 0. The van der Waals surface area contributed by atoms with Crippen LogP contribution in [0.2, 0.25) is 0 Å². The van der Waals surface area contributed by atoms with Gasteiger partial charge >= 0.3 is 0 Å². The fraction of sp³-hybridized carbons (Fsp3) is 1.00. The highest BCUT2D eigenvalue weighted by molar-refractivity contribution is 5.85. The third kappa shape index (κ3) is 6.21. The second kappa shape index (κ2) is 7.21. The maximum atomic E-state index is 8.29. The molecule has 0 rings (SSSR count). The van der Waals surface area contributed by atoms with E-state index >= 15 is 0 Å². The Morgan fingerprint density at radius 1 is 1.62 bits per heavy atom. The van der Waals surface area contributed by atoms with E-state index in [2.05, 4.69) is 0 Å². The van der Waals surface area contributed by atoms with Gasteiger partial charge in [-0.1, -0.05) is 6.92 Å². The van der Waals surface area contributed by atoms with Crippen molar-refractivity contribution < 1.29 is 5.11 Å². The molecule has 1 atom stereocenters. The third-order valence-corrected chi connectivity index (χ3v) is 1.02. The minimum absolute atomic E-state index is 0. The first-order valence-electron chi connectivity index (χ1n) is 2.67. The minimum Gasteiger partial charge on any atom is -0.396 e. The Morgan fingerprint density at radius 2 is 2.12 bits per heavy atom. The van der Waals surface area contributed by atoms with E-state index in [-0.39, 0.29) is 25.1 Å². The maximum absolute atomic E-state index is 8.29. The third-order valence-electron chi connectivity index (χ3n) is 1.02. The van der Waals surface area contributed by atoms with Crippen LogP contribution in [0.3, 0.4) is 0 Å². The van der Waals surface area contributed by atoms with Gasteiger partial charge in [-0.15, -0.1) is 12.4 Å². The van der Waals surface area contributed by atoms with Crippen LogP contribution < -0.4 is 5.73 Å². The zero-order chi connectivity index (χ0) is 5.70. The zero-order valence-corrected chi connectivity index (χ0v) is 5.95. The molecular weight excluding hydrogens is 126 g/mol. The Hall–Kier alpha value is 0.210. The van der Waals surface area contributed by atoms with Crippen LogP contribution in [0.15, 0.2) is 0 Å². The molecule has 0 heterocycles. The van der Waals surface area contributed by atoms with Gasteiger partial charge in [0, 0.05) is 12.6 Å². The number of hydrogen-bond donors (Lipinski definition) is 2. The molecular formula is C5H14ClNO. The van der Waals surface area contributed by atoms with Crippen molar-refractivity contribution in [1.29, 1.82) is 0 Å². The first-order chi connectivity index (χ1) is 3.31. The van der Waals surface area contributed by atoms with Gasteiger partial charge in [-0.25, -0.2) is 0 Å². The van der Waals surface area contributed by atoms with Crippen molar-refractivity contribution in [1.82, 2.24) is 0 Å². The van der Waals surface area contributed by atoms with E-state index < -0.39 is 0 Å². The van der Waals surface area contributed by atoms with E-state index in [0.717, 1.165) is 12.8 Å². The summed E-state index contributed by atoms with van der Waals surface area (Å²) in [6.07, 6.45) is 1.69. The van der Waals surface area contributed by atoms with E-state index in [1.807, 2.05) is 6.92 Å². The normalized spacial score (nSPS) is 12.4. The SMILES string of the molecule is CCC(N)CCO.Cl. The van der Waals surface area contributed by atoms with E-state index in [1.165, 1.54) is 0 Å². The highest BCUT2D eigenvalue weighted by atomic mass is 35.5. The van der Waals surface area contributed by atoms with Gasteiger partial charge in [0.2, 0.25) is 0 Å². The predicted molar refractivity (Wildman–Crippen MR) is 37.2 cm³/mol. The van der Waals surface area contributed by atoms with Gasteiger partial charge < -0.3 is 10.8 Å². The lowest BCUT2D eigenvalue weighted by molar-refractivity contribution is 0.274. The van der Waals surface area contributed by atoms with E-state index in [1.54, 1.807) is 0 Å². The van der Waals surface area contributed by atoms with Crippen molar-refractivity contribution >= 4 is 12.4 Å². The second-order valence-electron chi connectivity index (χ2n) is 1.68. The molecule has 0 radical (unpaired) electrons. The Labute approximate surface area is 56.5 Å². The molecule has 0 amide bonds. The number of rotatable bonds is 3. The molecule has 0 fully saturated rings. The number of nitrogens with two attached hydrogens (primary N) is 1. The van der Waals surface area contributed by atoms with Crippen LogP contribution in [0.25, 0.3) is 0 Å². The molecule has 3 N–H and O–H groups in total. The lowest BCUT2D eigenvalue weighted by Gasteiger charge is -2.02. The van der Waals surface area contributed by atoms with Crippen LogP contribution in [-0.2, 0) is 0 Å². The van der Waals surface area contributed by atoms with Crippen molar-refractivity contribution in [2.75, 3.05) is 6.61 Å². The molecule has 0 aliphatic heterocycles. The molecule has 8 heavy (non-hydrogen) atoms. The second-order valence-corrected chi connectivity index (χ2v) is 1.68. The van der Waals surface area contributed by atoms with Crippen LogP contribution in [0.1, 0.15) is 19.8 Å². The first kappa shape index (κ1) is 11.1. The number of aliphatic hydroxyl groups excluding tert-OH is 1. The van der Waals surface area contributed by atoms with E-state index in [4.69, 9.17) is 10.8 Å². The topological polar surface area (TPSA) is 46.2 Å². The van der Waals surface area contributed by atoms with Crippen molar-refractivity contribution in [3.05, 3.63) is 0 Å². The standard InChI is InChI=1S/C5H13NO.ClH/c1-2-5(6)3-4-7;/h5,7H,2-4,6H2,1H3;1H. The Morgan fingerprint density at radius 3 is 2.25 bits per heavy atom. The Bertz CT molecular complexity index is 43.4. The zero-order valence-electron chi connectivity index (χ0n) is 5.13. The highest BCUT2D eigenvalue weighted by Gasteiger charge is 1.93. The minimum atomic E-state index is 0. The summed E-state index contributed by atoms with van der Waals surface area (Å²) in [5.74, 6) is 0. The van der Waals surface area contributed by atoms with Crippen molar-refractivity contribution in [2.24, 2.45) is 5.73 Å². The van der Waals surface area contributed by atoms with Crippen molar-refractivity contribution in [2.45, 2.75) is 25.8 Å². The van der Waals surface area contributed by atoms with Gasteiger partial charge in [0.15, 0.2) is 0 Å². The van der Waals surface area contributed by atoms with Crippen LogP contribution in [0, 0.1) is 0 Å². The average molecular weight is 140 g/mol. The van der Waals surface area contributed by atoms with Gasteiger partial charge in [0.05, 0.1) is 0 Å². The summed E-state index contributed by atoms with van der Waals surface area (Å²) < 4.78 is 0. The molecule has 52 valence electrons. The fourth-order valence-corrected chi connectivity index (χ4v) is 0.370. The van der Waals surface area contributed by atoms with E-state index in [0.29, 0.717) is 0 Å². The summed E-state index contributed by atoms with van der Waals surface area (Å²) in [7, 11) is 0. The molecule has 3 heteroatoms. The van der Waals surface area contributed by atoms with Crippen molar-refractivity contribution in [3.8, 4) is 0 Å². The molecule has 0 aromatic heterocycles. The first-order valence-corrected chi connectivity index (χ1v) is 2.67. The summed E-state index contributed by atoms with van der Waals surface area (Å²) in [4.78, 5) is 0. The predicted octanol–water partition coefficient (Wildman–Crippen LogP) is 0.528. The largest absolute Gasteiger partial charge is 0.396 e. The monoisotopic (exact) mass is 139 g/mol. The average Bonchev–Trinajstić information content (AvgIpc) is 1.68. The molecule has 0 bridgehead atoms. The number of aliphatic hydroxyl groups is 1. The summed E-state index contributed by atoms with van der Waals surface area (Å²) in [5.41, 5.74) is 5.42. The number of hydrogen-bond acceptors (Lipinski definition) is 2. The Kier molecular flexibility index (Phi) is 9.97. The molecule has 0 saturated heterocycles.